The van der Waals surface area contributed by atoms with Gasteiger partial charge in [0.15, 0.2) is 6.10 Å². The molecule has 2 aromatic carbocycles. The number of halogens is 1. The summed E-state index contributed by atoms with van der Waals surface area (Å²) in [4.78, 5) is 12.0. The van der Waals surface area contributed by atoms with Gasteiger partial charge in [0.25, 0.3) is 5.91 Å². The van der Waals surface area contributed by atoms with Gasteiger partial charge in [0.05, 0.1) is 0 Å². The first-order valence-electron chi connectivity index (χ1n) is 7.39. The molecule has 0 heterocycles. The molecule has 22 heavy (non-hydrogen) atoms. The van der Waals surface area contributed by atoms with E-state index in [1.165, 1.54) is 5.56 Å². The van der Waals surface area contributed by atoms with E-state index in [1.807, 2.05) is 18.2 Å². The number of hydrogen-bond acceptors (Lipinski definition) is 2. The average Bonchev–Trinajstić information content (AvgIpc) is 2.54. The Morgan fingerprint density at radius 1 is 1.14 bits per heavy atom. The first-order valence-corrected chi connectivity index (χ1v) is 7.77. The zero-order valence-electron chi connectivity index (χ0n) is 12.6. The van der Waals surface area contributed by atoms with Crippen molar-refractivity contribution in [1.29, 1.82) is 0 Å². The number of ether oxygens (including phenoxy) is 1. The molecule has 2 rings (SSSR count). The number of carbonyl (C=O) groups excluding carboxylic acids is 1. The molecule has 4 heteroatoms. The Kier molecular flexibility index (Phi) is 6.28. The highest BCUT2D eigenvalue weighted by Gasteiger charge is 2.13. The highest BCUT2D eigenvalue weighted by Crippen LogP contribution is 2.16. The minimum Gasteiger partial charge on any atom is -0.481 e. The van der Waals surface area contributed by atoms with Gasteiger partial charge in [-0.15, -0.1) is 0 Å². The summed E-state index contributed by atoms with van der Waals surface area (Å²) in [5.41, 5.74) is 1.28. The summed E-state index contributed by atoms with van der Waals surface area (Å²) in [6.07, 6.45) is 1.33. The molecular formula is C18H20ClNO2. The molecule has 0 saturated heterocycles. The van der Waals surface area contributed by atoms with Crippen molar-refractivity contribution in [2.24, 2.45) is 0 Å². The van der Waals surface area contributed by atoms with Crippen LogP contribution in [0.25, 0.3) is 0 Å². The Morgan fingerprint density at radius 3 is 2.50 bits per heavy atom. The van der Waals surface area contributed by atoms with Crippen molar-refractivity contribution in [3.8, 4) is 5.75 Å². The lowest BCUT2D eigenvalue weighted by molar-refractivity contribution is -0.127. The fraction of sp³-hybridized carbons (Fsp3) is 0.278. The zero-order chi connectivity index (χ0) is 15.8. The van der Waals surface area contributed by atoms with E-state index in [1.54, 1.807) is 31.2 Å². The fourth-order valence-electron chi connectivity index (χ4n) is 2.06. The van der Waals surface area contributed by atoms with Crippen molar-refractivity contribution in [1.82, 2.24) is 5.32 Å². The van der Waals surface area contributed by atoms with Crippen molar-refractivity contribution in [3.63, 3.8) is 0 Å². The molecule has 1 N–H and O–H groups in total. The molecular weight excluding hydrogens is 298 g/mol. The van der Waals surface area contributed by atoms with E-state index in [2.05, 4.69) is 17.4 Å². The summed E-state index contributed by atoms with van der Waals surface area (Å²) in [5.74, 6) is 0.527. The molecule has 0 saturated carbocycles. The Balaban J connectivity index is 1.69. The first kappa shape index (κ1) is 16.4. The van der Waals surface area contributed by atoms with Gasteiger partial charge >= 0.3 is 0 Å². The number of benzene rings is 2. The molecule has 0 aliphatic carbocycles. The van der Waals surface area contributed by atoms with Crippen molar-refractivity contribution < 1.29 is 9.53 Å². The van der Waals surface area contributed by atoms with Crippen LogP contribution in [-0.2, 0) is 11.2 Å². The molecule has 0 spiro atoms. The second-order valence-corrected chi connectivity index (χ2v) is 5.53. The third kappa shape index (κ3) is 5.41. The van der Waals surface area contributed by atoms with Crippen LogP contribution in [0.1, 0.15) is 18.9 Å². The third-order valence-corrected chi connectivity index (χ3v) is 3.53. The predicted molar refractivity (Wildman–Crippen MR) is 89.3 cm³/mol. The Hall–Kier alpha value is -2.00. The molecule has 116 valence electrons. The maximum Gasteiger partial charge on any atom is 0.260 e. The van der Waals surface area contributed by atoms with E-state index in [0.29, 0.717) is 17.3 Å². The summed E-state index contributed by atoms with van der Waals surface area (Å²) in [6, 6.07) is 17.2. The first-order chi connectivity index (χ1) is 10.6. The van der Waals surface area contributed by atoms with Gasteiger partial charge in [0, 0.05) is 11.6 Å². The van der Waals surface area contributed by atoms with Gasteiger partial charge in [-0.1, -0.05) is 41.9 Å². The van der Waals surface area contributed by atoms with E-state index in [-0.39, 0.29) is 5.91 Å². The summed E-state index contributed by atoms with van der Waals surface area (Å²) >= 11 is 5.81. The van der Waals surface area contributed by atoms with Gasteiger partial charge in [-0.2, -0.15) is 0 Å². The quantitative estimate of drug-likeness (QED) is 0.788. The van der Waals surface area contributed by atoms with E-state index >= 15 is 0 Å². The maximum atomic E-state index is 12.0. The minimum atomic E-state index is -0.530. The molecule has 0 aliphatic rings. The Bertz CT molecular complexity index is 584. The van der Waals surface area contributed by atoms with Gasteiger partial charge < -0.3 is 10.1 Å². The van der Waals surface area contributed by atoms with Crippen LogP contribution in [0.2, 0.25) is 5.02 Å². The standard InChI is InChI=1S/C18H20ClNO2/c1-14(22-17-11-9-16(19)10-12-17)18(21)20-13-5-8-15-6-3-2-4-7-15/h2-4,6-7,9-12,14H,5,8,13H2,1H3,(H,20,21)/t14-/m1/s1. The summed E-state index contributed by atoms with van der Waals surface area (Å²) in [5, 5.41) is 3.54. The number of nitrogens with one attached hydrogen (secondary N) is 1. The molecule has 0 bridgehead atoms. The topological polar surface area (TPSA) is 38.3 Å². The molecule has 0 unspecified atom stereocenters. The third-order valence-electron chi connectivity index (χ3n) is 3.28. The second kappa shape index (κ2) is 8.44. The van der Waals surface area contributed by atoms with E-state index in [4.69, 9.17) is 16.3 Å². The van der Waals surface area contributed by atoms with Crippen LogP contribution in [0.3, 0.4) is 0 Å². The zero-order valence-corrected chi connectivity index (χ0v) is 13.3. The maximum absolute atomic E-state index is 12.0. The molecule has 0 fully saturated rings. The average molecular weight is 318 g/mol. The highest BCUT2D eigenvalue weighted by atomic mass is 35.5. The lowest BCUT2D eigenvalue weighted by Gasteiger charge is -2.14. The van der Waals surface area contributed by atoms with Crippen LogP contribution in [0.4, 0.5) is 0 Å². The summed E-state index contributed by atoms with van der Waals surface area (Å²) in [6.45, 7) is 2.38. The van der Waals surface area contributed by atoms with Gasteiger partial charge in [-0.05, 0) is 49.6 Å². The lowest BCUT2D eigenvalue weighted by Crippen LogP contribution is -2.36. The van der Waals surface area contributed by atoms with Crippen molar-refractivity contribution in [3.05, 3.63) is 65.2 Å². The predicted octanol–water partition coefficient (Wildman–Crippen LogP) is 3.86. The van der Waals surface area contributed by atoms with Gasteiger partial charge in [0.2, 0.25) is 0 Å². The van der Waals surface area contributed by atoms with Crippen LogP contribution >= 0.6 is 11.6 Å². The Labute approximate surface area is 136 Å². The number of rotatable bonds is 7. The van der Waals surface area contributed by atoms with Gasteiger partial charge in [0.1, 0.15) is 5.75 Å². The minimum absolute atomic E-state index is 0.108. The molecule has 0 aliphatic heterocycles. The molecule has 0 radical (unpaired) electrons. The molecule has 3 nitrogen and oxygen atoms in total. The number of aryl methyl sites for hydroxylation is 1. The summed E-state index contributed by atoms with van der Waals surface area (Å²) in [7, 11) is 0. The van der Waals surface area contributed by atoms with Crippen LogP contribution < -0.4 is 10.1 Å². The number of amides is 1. The smallest absolute Gasteiger partial charge is 0.260 e. The molecule has 0 aromatic heterocycles. The van der Waals surface area contributed by atoms with Crippen LogP contribution in [-0.4, -0.2) is 18.6 Å². The van der Waals surface area contributed by atoms with Crippen LogP contribution in [0.15, 0.2) is 54.6 Å². The van der Waals surface area contributed by atoms with E-state index < -0.39 is 6.10 Å². The summed E-state index contributed by atoms with van der Waals surface area (Å²) < 4.78 is 5.58. The number of hydrogen-bond donors (Lipinski definition) is 1. The van der Waals surface area contributed by atoms with Crippen molar-refractivity contribution in [2.75, 3.05) is 6.54 Å². The monoisotopic (exact) mass is 317 g/mol. The molecule has 2 aromatic rings. The normalized spacial score (nSPS) is 11.7. The van der Waals surface area contributed by atoms with Crippen molar-refractivity contribution >= 4 is 17.5 Å². The van der Waals surface area contributed by atoms with Crippen molar-refractivity contribution in [2.45, 2.75) is 25.9 Å². The van der Waals surface area contributed by atoms with E-state index in [9.17, 15) is 4.79 Å². The second-order valence-electron chi connectivity index (χ2n) is 5.09. The number of carbonyl (C=O) groups is 1. The van der Waals surface area contributed by atoms with Gasteiger partial charge in [-0.25, -0.2) is 0 Å². The van der Waals surface area contributed by atoms with Crippen LogP contribution in [0.5, 0.6) is 5.75 Å². The largest absolute Gasteiger partial charge is 0.481 e. The SMILES string of the molecule is C[C@@H](Oc1ccc(Cl)cc1)C(=O)NCCCc1ccccc1. The fourth-order valence-corrected chi connectivity index (χ4v) is 2.19. The molecule has 1 atom stereocenters. The lowest BCUT2D eigenvalue weighted by atomic mass is 10.1. The van der Waals surface area contributed by atoms with Crippen LogP contribution in [0, 0.1) is 0 Å². The highest BCUT2D eigenvalue weighted by molar-refractivity contribution is 6.30. The Morgan fingerprint density at radius 2 is 1.82 bits per heavy atom. The van der Waals surface area contributed by atoms with Gasteiger partial charge in [-0.3, -0.25) is 4.79 Å². The molecule has 1 amide bonds. The van der Waals surface area contributed by atoms with E-state index in [0.717, 1.165) is 12.8 Å².